The van der Waals surface area contributed by atoms with Crippen LogP contribution in [0.25, 0.3) is 10.9 Å². The summed E-state index contributed by atoms with van der Waals surface area (Å²) >= 11 is 6.03. The molecular weight excluding hydrogens is 252 g/mol. The van der Waals surface area contributed by atoms with Gasteiger partial charge in [-0.25, -0.2) is 0 Å². The quantitative estimate of drug-likeness (QED) is 0.818. The number of methoxy groups -OCH3 is 1. The van der Waals surface area contributed by atoms with E-state index in [9.17, 15) is 4.79 Å². The lowest BCUT2D eigenvalue weighted by Crippen LogP contribution is -2.22. The van der Waals surface area contributed by atoms with Crippen molar-refractivity contribution in [1.29, 1.82) is 0 Å². The van der Waals surface area contributed by atoms with Crippen LogP contribution in [-0.2, 0) is 0 Å². The first-order chi connectivity index (χ1) is 8.67. The van der Waals surface area contributed by atoms with Crippen molar-refractivity contribution in [3.63, 3.8) is 0 Å². The summed E-state index contributed by atoms with van der Waals surface area (Å²) < 4.78 is 5.17. The van der Waals surface area contributed by atoms with E-state index in [1.165, 1.54) is 0 Å². The number of carbonyl (C=O) groups excluding carboxylic acids is 1. The van der Waals surface area contributed by atoms with Crippen molar-refractivity contribution >= 4 is 28.3 Å². The van der Waals surface area contributed by atoms with Crippen LogP contribution in [0.1, 0.15) is 17.3 Å². The molecule has 2 aromatic rings. The number of hydrogen-bond acceptors (Lipinski definition) is 3. The van der Waals surface area contributed by atoms with Crippen LogP contribution in [0, 0.1) is 0 Å². The van der Waals surface area contributed by atoms with Gasteiger partial charge in [0, 0.05) is 22.7 Å². The maximum Gasteiger partial charge on any atom is 0.178 e. The highest BCUT2D eigenvalue weighted by Gasteiger charge is 2.13. The fourth-order valence-electron chi connectivity index (χ4n) is 1.84. The van der Waals surface area contributed by atoms with Gasteiger partial charge in [0.15, 0.2) is 5.78 Å². The molecule has 0 unspecified atom stereocenters. The highest BCUT2D eigenvalue weighted by atomic mass is 35.5. The number of H-pyrrole nitrogens is 1. The Labute approximate surface area is 110 Å². The van der Waals surface area contributed by atoms with E-state index in [2.05, 4.69) is 10.3 Å². The second kappa shape index (κ2) is 5.42. The van der Waals surface area contributed by atoms with Crippen molar-refractivity contribution < 1.29 is 9.53 Å². The Balaban J connectivity index is 2.43. The van der Waals surface area contributed by atoms with Crippen molar-refractivity contribution in [1.82, 2.24) is 10.3 Å². The molecule has 0 radical (unpaired) electrons. The Morgan fingerprint density at radius 1 is 1.50 bits per heavy atom. The van der Waals surface area contributed by atoms with E-state index < -0.39 is 0 Å². The molecule has 0 saturated carbocycles. The molecule has 0 fully saturated rings. The topological polar surface area (TPSA) is 54.1 Å². The molecule has 0 aliphatic heterocycles. The predicted molar refractivity (Wildman–Crippen MR) is 72.7 cm³/mol. The zero-order chi connectivity index (χ0) is 13.1. The molecule has 2 N–H and O–H groups in total. The minimum absolute atomic E-state index is 0.0486. The van der Waals surface area contributed by atoms with E-state index in [4.69, 9.17) is 16.3 Å². The van der Waals surface area contributed by atoms with Crippen LogP contribution in [-0.4, -0.2) is 31.0 Å². The normalized spacial score (nSPS) is 10.8. The van der Waals surface area contributed by atoms with Crippen molar-refractivity contribution in [2.75, 3.05) is 20.2 Å². The molecule has 0 spiro atoms. The average molecular weight is 267 g/mol. The van der Waals surface area contributed by atoms with Crippen molar-refractivity contribution in [2.24, 2.45) is 0 Å². The van der Waals surface area contributed by atoms with Gasteiger partial charge in [-0.1, -0.05) is 18.5 Å². The standard InChI is InChI=1S/C13H15ClN2O2/c1-3-15-7-12(17)9-6-16-11-5-10(14)13(18-2)4-8(9)11/h4-6,15-16H,3,7H2,1-2H3. The van der Waals surface area contributed by atoms with Gasteiger partial charge in [-0.15, -0.1) is 0 Å². The molecule has 0 amide bonds. The third-order valence-corrected chi connectivity index (χ3v) is 3.09. The number of rotatable bonds is 5. The molecule has 18 heavy (non-hydrogen) atoms. The van der Waals surface area contributed by atoms with Gasteiger partial charge in [-0.2, -0.15) is 0 Å². The number of carbonyl (C=O) groups is 1. The van der Waals surface area contributed by atoms with Crippen LogP contribution < -0.4 is 10.1 Å². The largest absolute Gasteiger partial charge is 0.495 e. The van der Waals surface area contributed by atoms with Gasteiger partial charge in [0.05, 0.1) is 18.7 Å². The predicted octanol–water partition coefficient (Wildman–Crippen LogP) is 2.62. The zero-order valence-corrected chi connectivity index (χ0v) is 11.1. The summed E-state index contributed by atoms with van der Waals surface area (Å²) in [5.41, 5.74) is 1.49. The third kappa shape index (κ3) is 2.35. The van der Waals surface area contributed by atoms with Crippen molar-refractivity contribution in [3.8, 4) is 5.75 Å². The minimum atomic E-state index is 0.0486. The maximum atomic E-state index is 12.0. The SMILES string of the molecule is CCNCC(=O)c1c[nH]c2cc(Cl)c(OC)cc12. The smallest absolute Gasteiger partial charge is 0.178 e. The van der Waals surface area contributed by atoms with E-state index in [-0.39, 0.29) is 5.78 Å². The molecule has 4 nitrogen and oxygen atoms in total. The number of aromatic nitrogens is 1. The van der Waals surface area contributed by atoms with Gasteiger partial charge in [-0.05, 0) is 18.7 Å². The molecule has 0 saturated heterocycles. The summed E-state index contributed by atoms with van der Waals surface area (Å²) in [5, 5.41) is 4.38. The Morgan fingerprint density at radius 3 is 2.94 bits per heavy atom. The fourth-order valence-corrected chi connectivity index (χ4v) is 2.09. The Morgan fingerprint density at radius 2 is 2.28 bits per heavy atom. The highest BCUT2D eigenvalue weighted by molar-refractivity contribution is 6.33. The van der Waals surface area contributed by atoms with E-state index in [0.717, 1.165) is 17.4 Å². The Bertz CT molecular complexity index is 578. The number of benzene rings is 1. The number of Topliss-reactive ketones (excluding diaryl/α,β-unsaturated/α-hetero) is 1. The van der Waals surface area contributed by atoms with Crippen LogP contribution in [0.15, 0.2) is 18.3 Å². The summed E-state index contributed by atoms with van der Waals surface area (Å²) in [6.45, 7) is 3.06. The van der Waals surface area contributed by atoms with Crippen LogP contribution in [0.4, 0.5) is 0 Å². The molecule has 0 atom stereocenters. The number of ketones is 1. The first-order valence-corrected chi connectivity index (χ1v) is 6.13. The minimum Gasteiger partial charge on any atom is -0.495 e. The first-order valence-electron chi connectivity index (χ1n) is 5.76. The van der Waals surface area contributed by atoms with E-state index >= 15 is 0 Å². The monoisotopic (exact) mass is 266 g/mol. The number of aromatic amines is 1. The second-order valence-corrected chi connectivity index (χ2v) is 4.35. The molecular formula is C13H15ClN2O2. The van der Waals surface area contributed by atoms with Crippen LogP contribution in [0.3, 0.4) is 0 Å². The van der Waals surface area contributed by atoms with Crippen molar-refractivity contribution in [3.05, 3.63) is 28.9 Å². The molecule has 0 aliphatic carbocycles. The average Bonchev–Trinajstić information content (AvgIpc) is 2.77. The van der Waals surface area contributed by atoms with E-state index in [0.29, 0.717) is 22.9 Å². The number of halogens is 1. The number of hydrogen-bond donors (Lipinski definition) is 2. The molecule has 1 aromatic carbocycles. The number of fused-ring (bicyclic) bond motifs is 1. The second-order valence-electron chi connectivity index (χ2n) is 3.94. The number of nitrogens with one attached hydrogen (secondary N) is 2. The number of likely N-dealkylation sites (N-methyl/N-ethyl adjacent to an activating group) is 1. The summed E-state index contributed by atoms with van der Waals surface area (Å²) in [7, 11) is 1.56. The van der Waals surface area contributed by atoms with Crippen molar-refractivity contribution in [2.45, 2.75) is 6.92 Å². The lowest BCUT2D eigenvalue weighted by Gasteiger charge is -2.04. The summed E-state index contributed by atoms with van der Waals surface area (Å²) in [5.74, 6) is 0.619. The summed E-state index contributed by atoms with van der Waals surface area (Å²) in [6.07, 6.45) is 1.71. The van der Waals surface area contributed by atoms with Crippen LogP contribution in [0.5, 0.6) is 5.75 Å². The van der Waals surface area contributed by atoms with Gasteiger partial charge in [0.1, 0.15) is 5.75 Å². The van der Waals surface area contributed by atoms with Gasteiger partial charge in [0.2, 0.25) is 0 Å². The molecule has 5 heteroatoms. The lowest BCUT2D eigenvalue weighted by molar-refractivity contribution is 0.0993. The molecule has 0 bridgehead atoms. The summed E-state index contributed by atoms with van der Waals surface area (Å²) in [6, 6.07) is 3.55. The fraction of sp³-hybridized carbons (Fsp3) is 0.308. The van der Waals surface area contributed by atoms with E-state index in [1.54, 1.807) is 25.4 Å². The maximum absolute atomic E-state index is 12.0. The van der Waals surface area contributed by atoms with Crippen LogP contribution >= 0.6 is 11.6 Å². The molecule has 0 aliphatic rings. The molecule has 1 aromatic heterocycles. The van der Waals surface area contributed by atoms with Gasteiger partial charge >= 0.3 is 0 Å². The summed E-state index contributed by atoms with van der Waals surface area (Å²) in [4.78, 5) is 15.1. The number of ether oxygens (including phenoxy) is 1. The van der Waals surface area contributed by atoms with Crippen LogP contribution in [0.2, 0.25) is 5.02 Å². The zero-order valence-electron chi connectivity index (χ0n) is 10.3. The van der Waals surface area contributed by atoms with Gasteiger partial charge in [-0.3, -0.25) is 4.79 Å². The third-order valence-electron chi connectivity index (χ3n) is 2.79. The molecule has 96 valence electrons. The first kappa shape index (κ1) is 12.9. The van der Waals surface area contributed by atoms with E-state index in [1.807, 2.05) is 6.92 Å². The molecule has 2 rings (SSSR count). The highest BCUT2D eigenvalue weighted by Crippen LogP contribution is 2.31. The van der Waals surface area contributed by atoms with Gasteiger partial charge in [0.25, 0.3) is 0 Å². The van der Waals surface area contributed by atoms with Gasteiger partial charge < -0.3 is 15.0 Å². The molecule has 1 heterocycles. The Kier molecular flexibility index (Phi) is 3.89. The lowest BCUT2D eigenvalue weighted by atomic mass is 10.1. The Hall–Kier alpha value is -1.52.